The van der Waals surface area contributed by atoms with Crippen LogP contribution in [0.2, 0.25) is 0 Å². The van der Waals surface area contributed by atoms with Gasteiger partial charge in [0.2, 0.25) is 0 Å². The maximum absolute atomic E-state index is 5.97. The Labute approximate surface area is 120 Å². The Balaban J connectivity index is 2.33. The number of ether oxygens (including phenoxy) is 1. The fraction of sp³-hybridized carbons (Fsp3) is 0.375. The molecule has 0 aliphatic rings. The lowest BCUT2D eigenvalue weighted by molar-refractivity contribution is 0.0319. The van der Waals surface area contributed by atoms with Crippen LogP contribution in [0.4, 0.5) is 0 Å². The number of aromatic nitrogens is 2. The van der Waals surface area contributed by atoms with Gasteiger partial charge >= 0.3 is 0 Å². The summed E-state index contributed by atoms with van der Waals surface area (Å²) in [5.74, 6) is 0. The second kappa shape index (κ2) is 7.72. The molecule has 0 saturated heterocycles. The van der Waals surface area contributed by atoms with Crippen molar-refractivity contribution in [2.45, 2.75) is 26.0 Å². The highest BCUT2D eigenvalue weighted by Gasteiger charge is 2.25. The van der Waals surface area contributed by atoms with Gasteiger partial charge in [-0.2, -0.15) is 0 Å². The number of hydrogen-bond donors (Lipinski definition) is 1. The Bertz CT molecular complexity index is 442. The monoisotopic (exact) mass is 271 g/mol. The molecule has 1 heterocycles. The van der Waals surface area contributed by atoms with E-state index in [1.54, 1.807) is 18.6 Å². The van der Waals surface area contributed by atoms with Gasteiger partial charge in [-0.1, -0.05) is 37.3 Å². The second-order valence-electron chi connectivity index (χ2n) is 4.45. The first-order valence-corrected chi connectivity index (χ1v) is 7.02. The minimum atomic E-state index is -0.0714. The van der Waals surface area contributed by atoms with Gasteiger partial charge in [0.25, 0.3) is 0 Å². The van der Waals surface area contributed by atoms with Crippen molar-refractivity contribution in [1.29, 1.82) is 0 Å². The predicted molar refractivity (Wildman–Crippen MR) is 79.3 cm³/mol. The SMILES string of the molecule is CCNC(c1cnccn1)C(OCC)c1ccccc1. The quantitative estimate of drug-likeness (QED) is 0.841. The number of likely N-dealkylation sites (N-methyl/N-ethyl adjacent to an activating group) is 1. The van der Waals surface area contributed by atoms with Crippen molar-refractivity contribution in [2.75, 3.05) is 13.2 Å². The maximum Gasteiger partial charge on any atom is 0.103 e. The van der Waals surface area contributed by atoms with Crippen molar-refractivity contribution in [3.8, 4) is 0 Å². The van der Waals surface area contributed by atoms with Gasteiger partial charge in [0.15, 0.2) is 0 Å². The average molecular weight is 271 g/mol. The molecule has 0 bridgehead atoms. The summed E-state index contributed by atoms with van der Waals surface area (Å²) in [6.45, 7) is 5.59. The first-order chi connectivity index (χ1) is 9.86. The third-order valence-electron chi connectivity index (χ3n) is 3.10. The fourth-order valence-electron chi connectivity index (χ4n) is 2.27. The molecule has 0 radical (unpaired) electrons. The highest BCUT2D eigenvalue weighted by atomic mass is 16.5. The van der Waals surface area contributed by atoms with Gasteiger partial charge in [-0.05, 0) is 19.0 Å². The van der Waals surface area contributed by atoms with E-state index in [2.05, 4.69) is 34.3 Å². The highest BCUT2D eigenvalue weighted by molar-refractivity contribution is 5.22. The van der Waals surface area contributed by atoms with Crippen LogP contribution in [-0.2, 0) is 4.74 Å². The summed E-state index contributed by atoms with van der Waals surface area (Å²) in [5.41, 5.74) is 2.04. The van der Waals surface area contributed by atoms with E-state index in [1.807, 2.05) is 25.1 Å². The smallest absolute Gasteiger partial charge is 0.103 e. The number of nitrogens with one attached hydrogen (secondary N) is 1. The fourth-order valence-corrected chi connectivity index (χ4v) is 2.27. The van der Waals surface area contributed by atoms with Crippen molar-refractivity contribution in [1.82, 2.24) is 15.3 Å². The molecule has 1 aromatic heterocycles. The standard InChI is InChI=1S/C16H21N3O/c1-3-18-15(14-12-17-10-11-19-14)16(20-4-2)13-8-6-5-7-9-13/h5-12,15-16,18H,3-4H2,1-2H3. The van der Waals surface area contributed by atoms with E-state index < -0.39 is 0 Å². The normalized spacial score (nSPS) is 13.9. The predicted octanol–water partition coefficient (Wildman–Crippen LogP) is 2.91. The summed E-state index contributed by atoms with van der Waals surface area (Å²) in [5, 5.41) is 3.45. The van der Waals surface area contributed by atoms with Gasteiger partial charge in [0.1, 0.15) is 6.10 Å². The molecule has 2 atom stereocenters. The lowest BCUT2D eigenvalue weighted by Gasteiger charge is -2.27. The number of benzene rings is 1. The minimum Gasteiger partial charge on any atom is -0.372 e. The Morgan fingerprint density at radius 1 is 1.15 bits per heavy atom. The van der Waals surface area contributed by atoms with Crippen molar-refractivity contribution in [3.63, 3.8) is 0 Å². The summed E-state index contributed by atoms with van der Waals surface area (Å²) in [6, 6.07) is 10.2. The first-order valence-electron chi connectivity index (χ1n) is 7.02. The van der Waals surface area contributed by atoms with E-state index in [0.717, 1.165) is 17.8 Å². The summed E-state index contributed by atoms with van der Waals surface area (Å²) < 4.78 is 5.97. The highest BCUT2D eigenvalue weighted by Crippen LogP contribution is 2.30. The van der Waals surface area contributed by atoms with E-state index in [-0.39, 0.29) is 12.1 Å². The molecule has 2 unspecified atom stereocenters. The largest absolute Gasteiger partial charge is 0.372 e. The van der Waals surface area contributed by atoms with Crippen molar-refractivity contribution in [2.24, 2.45) is 0 Å². The molecule has 2 aromatic rings. The molecule has 1 aromatic carbocycles. The van der Waals surface area contributed by atoms with Crippen LogP contribution >= 0.6 is 0 Å². The molecule has 0 aliphatic heterocycles. The zero-order valence-corrected chi connectivity index (χ0v) is 12.0. The van der Waals surface area contributed by atoms with Crippen LogP contribution in [0.15, 0.2) is 48.9 Å². The Kier molecular flexibility index (Phi) is 5.65. The van der Waals surface area contributed by atoms with Crippen LogP contribution in [0, 0.1) is 0 Å². The summed E-state index contributed by atoms with van der Waals surface area (Å²) in [4.78, 5) is 8.59. The topological polar surface area (TPSA) is 47.0 Å². The van der Waals surface area contributed by atoms with Gasteiger partial charge in [-0.3, -0.25) is 9.97 Å². The third-order valence-corrected chi connectivity index (χ3v) is 3.10. The Morgan fingerprint density at radius 3 is 2.55 bits per heavy atom. The number of nitrogens with zero attached hydrogens (tertiary/aromatic N) is 2. The average Bonchev–Trinajstić information content (AvgIpc) is 2.52. The maximum atomic E-state index is 5.97. The lowest BCUT2D eigenvalue weighted by Crippen LogP contribution is -2.29. The second-order valence-corrected chi connectivity index (χ2v) is 4.45. The summed E-state index contributed by atoms with van der Waals surface area (Å²) in [7, 11) is 0. The molecule has 0 spiro atoms. The first kappa shape index (κ1) is 14.6. The zero-order chi connectivity index (χ0) is 14.2. The Hall–Kier alpha value is -1.78. The molecule has 1 N–H and O–H groups in total. The van der Waals surface area contributed by atoms with Crippen LogP contribution in [0.3, 0.4) is 0 Å². The summed E-state index contributed by atoms with van der Waals surface area (Å²) in [6.07, 6.45) is 5.12. The van der Waals surface area contributed by atoms with E-state index in [4.69, 9.17) is 4.74 Å². The van der Waals surface area contributed by atoms with Gasteiger partial charge in [0, 0.05) is 19.0 Å². The van der Waals surface area contributed by atoms with E-state index in [1.165, 1.54) is 0 Å². The van der Waals surface area contributed by atoms with E-state index in [9.17, 15) is 0 Å². The van der Waals surface area contributed by atoms with Crippen LogP contribution in [0.25, 0.3) is 0 Å². The molecule has 0 saturated carbocycles. The van der Waals surface area contributed by atoms with Gasteiger partial charge < -0.3 is 10.1 Å². The number of rotatable bonds is 7. The minimum absolute atomic E-state index is 0.00366. The molecular formula is C16H21N3O. The molecule has 106 valence electrons. The van der Waals surface area contributed by atoms with Crippen LogP contribution < -0.4 is 5.32 Å². The third kappa shape index (κ3) is 3.62. The van der Waals surface area contributed by atoms with Crippen molar-refractivity contribution in [3.05, 3.63) is 60.2 Å². The van der Waals surface area contributed by atoms with E-state index >= 15 is 0 Å². The van der Waals surface area contributed by atoms with Gasteiger partial charge in [-0.15, -0.1) is 0 Å². The Morgan fingerprint density at radius 2 is 1.95 bits per heavy atom. The zero-order valence-electron chi connectivity index (χ0n) is 12.0. The molecule has 0 amide bonds. The molecule has 20 heavy (non-hydrogen) atoms. The molecule has 0 fully saturated rings. The van der Waals surface area contributed by atoms with Crippen LogP contribution in [-0.4, -0.2) is 23.1 Å². The molecule has 4 heteroatoms. The van der Waals surface area contributed by atoms with Gasteiger partial charge in [0.05, 0.1) is 17.9 Å². The molecular weight excluding hydrogens is 250 g/mol. The molecule has 4 nitrogen and oxygen atoms in total. The molecule has 0 aliphatic carbocycles. The van der Waals surface area contributed by atoms with Crippen molar-refractivity contribution < 1.29 is 4.74 Å². The van der Waals surface area contributed by atoms with E-state index in [0.29, 0.717) is 6.61 Å². The molecule has 2 rings (SSSR count). The van der Waals surface area contributed by atoms with Crippen LogP contribution in [0.5, 0.6) is 0 Å². The van der Waals surface area contributed by atoms with Crippen molar-refractivity contribution >= 4 is 0 Å². The lowest BCUT2D eigenvalue weighted by atomic mass is 9.99. The van der Waals surface area contributed by atoms with Gasteiger partial charge in [-0.25, -0.2) is 0 Å². The number of hydrogen-bond acceptors (Lipinski definition) is 4. The van der Waals surface area contributed by atoms with Crippen LogP contribution in [0.1, 0.15) is 37.3 Å². The summed E-state index contributed by atoms with van der Waals surface area (Å²) >= 11 is 0.